The van der Waals surface area contributed by atoms with Gasteiger partial charge in [-0.05, 0) is 40.5 Å². The lowest BCUT2D eigenvalue weighted by atomic mass is 9.99. The molecular weight excluding hydrogens is 628 g/mol. The second-order valence-corrected chi connectivity index (χ2v) is 11.8. The van der Waals surface area contributed by atoms with Crippen molar-refractivity contribution >= 4 is 11.0 Å². The standard InChI is InChI=1S/C43H34O7/c44-35-22-21-33(24-36(35)45)41-43(49-28-32-19-11-4-12-20-32)40(46)39-38(50-41)25-37(47-26-30-15-7-2-8-16-30)34(23-29-13-5-1-6-14-29)42(39)48-27-31-17-9-3-10-18-31/h1-22,24-25,44-45H,23,26-28H2. The fourth-order valence-electron chi connectivity index (χ4n) is 5.76. The summed E-state index contributed by atoms with van der Waals surface area (Å²) in [4.78, 5) is 14.8. The van der Waals surface area contributed by atoms with E-state index in [1.165, 1.54) is 12.1 Å². The predicted octanol–water partition coefficient (Wildman–Crippen LogP) is 9.20. The summed E-state index contributed by atoms with van der Waals surface area (Å²) < 4.78 is 25.9. The lowest BCUT2D eigenvalue weighted by Crippen LogP contribution is -2.13. The van der Waals surface area contributed by atoms with Gasteiger partial charge in [0.1, 0.15) is 42.3 Å². The highest BCUT2D eigenvalue weighted by Crippen LogP contribution is 2.43. The van der Waals surface area contributed by atoms with Crippen LogP contribution in [0.15, 0.2) is 155 Å². The smallest absolute Gasteiger partial charge is 0.239 e. The third kappa shape index (κ3) is 7.17. The van der Waals surface area contributed by atoms with Crippen molar-refractivity contribution in [3.63, 3.8) is 0 Å². The van der Waals surface area contributed by atoms with Gasteiger partial charge in [-0.25, -0.2) is 0 Å². The molecule has 0 spiro atoms. The maximum absolute atomic E-state index is 14.8. The van der Waals surface area contributed by atoms with E-state index in [4.69, 9.17) is 18.6 Å². The second kappa shape index (κ2) is 14.7. The number of phenols is 2. The van der Waals surface area contributed by atoms with Crippen molar-refractivity contribution in [3.8, 4) is 40.1 Å². The number of fused-ring (bicyclic) bond motifs is 1. The number of ether oxygens (including phenoxy) is 3. The van der Waals surface area contributed by atoms with Gasteiger partial charge in [-0.15, -0.1) is 0 Å². The highest BCUT2D eigenvalue weighted by atomic mass is 16.5. The van der Waals surface area contributed by atoms with E-state index in [0.29, 0.717) is 29.0 Å². The Balaban J connectivity index is 1.46. The Morgan fingerprint density at radius 2 is 1.02 bits per heavy atom. The Kier molecular flexibility index (Phi) is 9.47. The SMILES string of the molecule is O=c1c(OCc2ccccc2)c(-c2ccc(O)c(O)c2)oc2cc(OCc3ccccc3)c(Cc3ccccc3)c(OCc3ccccc3)c12. The number of aromatic hydroxyl groups is 2. The summed E-state index contributed by atoms with van der Waals surface area (Å²) in [7, 11) is 0. The molecule has 0 aliphatic heterocycles. The molecule has 0 atom stereocenters. The fourth-order valence-corrected chi connectivity index (χ4v) is 5.76. The minimum absolute atomic E-state index is 0.0559. The molecule has 248 valence electrons. The molecule has 2 N–H and O–H groups in total. The highest BCUT2D eigenvalue weighted by Gasteiger charge is 2.26. The largest absolute Gasteiger partial charge is 0.504 e. The summed E-state index contributed by atoms with van der Waals surface area (Å²) in [5, 5.41) is 20.7. The summed E-state index contributed by atoms with van der Waals surface area (Å²) in [6.45, 7) is 0.546. The molecule has 0 fully saturated rings. The lowest BCUT2D eigenvalue weighted by Gasteiger charge is -2.20. The number of hydrogen-bond acceptors (Lipinski definition) is 7. The molecule has 7 nitrogen and oxygen atoms in total. The van der Waals surface area contributed by atoms with Gasteiger partial charge in [-0.2, -0.15) is 0 Å². The molecule has 0 bridgehead atoms. The molecule has 1 aromatic heterocycles. The van der Waals surface area contributed by atoms with Gasteiger partial charge in [0.2, 0.25) is 11.2 Å². The number of phenolic OH excluding ortho intramolecular Hbond substituents is 2. The monoisotopic (exact) mass is 662 g/mol. The molecule has 7 aromatic rings. The van der Waals surface area contributed by atoms with E-state index in [1.807, 2.05) is 121 Å². The molecule has 0 aliphatic carbocycles. The van der Waals surface area contributed by atoms with Crippen LogP contribution in [0.3, 0.4) is 0 Å². The van der Waals surface area contributed by atoms with Gasteiger partial charge in [0, 0.05) is 23.6 Å². The molecule has 0 saturated carbocycles. The number of rotatable bonds is 12. The Morgan fingerprint density at radius 3 is 1.56 bits per heavy atom. The van der Waals surface area contributed by atoms with Gasteiger partial charge in [-0.1, -0.05) is 121 Å². The van der Waals surface area contributed by atoms with Crippen LogP contribution in [-0.2, 0) is 26.2 Å². The average molecular weight is 663 g/mol. The molecule has 0 radical (unpaired) electrons. The van der Waals surface area contributed by atoms with Crippen LogP contribution < -0.4 is 19.6 Å². The van der Waals surface area contributed by atoms with Gasteiger partial charge in [0.15, 0.2) is 17.3 Å². The van der Waals surface area contributed by atoms with E-state index in [2.05, 4.69) is 0 Å². The zero-order chi connectivity index (χ0) is 34.3. The van der Waals surface area contributed by atoms with Crippen molar-refractivity contribution in [2.24, 2.45) is 0 Å². The van der Waals surface area contributed by atoms with Crippen molar-refractivity contribution < 1.29 is 28.8 Å². The van der Waals surface area contributed by atoms with E-state index < -0.39 is 5.43 Å². The van der Waals surface area contributed by atoms with Crippen LogP contribution >= 0.6 is 0 Å². The van der Waals surface area contributed by atoms with E-state index in [-0.39, 0.29) is 53.8 Å². The predicted molar refractivity (Wildman–Crippen MR) is 193 cm³/mol. The molecule has 7 rings (SSSR count). The van der Waals surface area contributed by atoms with Crippen LogP contribution in [0.5, 0.6) is 28.7 Å². The van der Waals surface area contributed by atoms with Crippen LogP contribution in [0.2, 0.25) is 0 Å². The number of benzene rings is 6. The van der Waals surface area contributed by atoms with E-state index in [1.54, 1.807) is 12.1 Å². The van der Waals surface area contributed by atoms with Crippen molar-refractivity contribution in [1.29, 1.82) is 0 Å². The summed E-state index contributed by atoms with van der Waals surface area (Å²) in [6, 6.07) is 44.9. The Hall–Kier alpha value is -6.47. The quantitative estimate of drug-likeness (QED) is 0.126. The maximum Gasteiger partial charge on any atom is 0.239 e. The molecular formula is C43H34O7. The molecule has 50 heavy (non-hydrogen) atoms. The zero-order valence-corrected chi connectivity index (χ0v) is 27.1. The third-order valence-electron chi connectivity index (χ3n) is 8.31. The normalized spacial score (nSPS) is 11.0. The lowest BCUT2D eigenvalue weighted by molar-refractivity contribution is 0.284. The summed E-state index contributed by atoms with van der Waals surface area (Å²) in [6.07, 6.45) is 0.415. The molecule has 0 saturated heterocycles. The van der Waals surface area contributed by atoms with Crippen LogP contribution in [0.1, 0.15) is 27.8 Å². The van der Waals surface area contributed by atoms with Crippen LogP contribution in [0.4, 0.5) is 0 Å². The minimum Gasteiger partial charge on any atom is -0.504 e. The van der Waals surface area contributed by atoms with Crippen LogP contribution in [0.25, 0.3) is 22.3 Å². The summed E-state index contributed by atoms with van der Waals surface area (Å²) >= 11 is 0. The maximum atomic E-state index is 14.8. The fraction of sp³-hybridized carbons (Fsp3) is 0.0930. The van der Waals surface area contributed by atoms with Crippen molar-refractivity contribution in [3.05, 3.63) is 184 Å². The molecule has 0 amide bonds. The topological polar surface area (TPSA) is 98.4 Å². The number of hydrogen-bond donors (Lipinski definition) is 2. The van der Waals surface area contributed by atoms with Crippen molar-refractivity contribution in [2.45, 2.75) is 26.2 Å². The van der Waals surface area contributed by atoms with E-state index >= 15 is 0 Å². The summed E-state index contributed by atoms with van der Waals surface area (Å²) in [5.41, 5.74) is 4.54. The van der Waals surface area contributed by atoms with Crippen molar-refractivity contribution in [1.82, 2.24) is 0 Å². The van der Waals surface area contributed by atoms with Crippen LogP contribution in [0, 0.1) is 0 Å². The first-order chi connectivity index (χ1) is 24.5. The second-order valence-electron chi connectivity index (χ2n) is 11.8. The zero-order valence-electron chi connectivity index (χ0n) is 27.1. The Morgan fingerprint density at radius 1 is 0.520 bits per heavy atom. The van der Waals surface area contributed by atoms with Gasteiger partial charge in [-0.3, -0.25) is 4.79 Å². The molecule has 7 heteroatoms. The van der Waals surface area contributed by atoms with E-state index in [9.17, 15) is 15.0 Å². The first-order valence-corrected chi connectivity index (χ1v) is 16.3. The minimum atomic E-state index is -0.447. The van der Waals surface area contributed by atoms with Crippen molar-refractivity contribution in [2.75, 3.05) is 0 Å². The van der Waals surface area contributed by atoms with Gasteiger partial charge < -0.3 is 28.8 Å². The molecule has 0 unspecified atom stereocenters. The molecule has 0 aliphatic rings. The van der Waals surface area contributed by atoms with E-state index in [0.717, 1.165) is 22.3 Å². The highest BCUT2D eigenvalue weighted by molar-refractivity contribution is 5.90. The Bertz CT molecular complexity index is 2270. The van der Waals surface area contributed by atoms with Gasteiger partial charge in [0.05, 0.1) is 0 Å². The Labute approximate surface area is 289 Å². The van der Waals surface area contributed by atoms with Gasteiger partial charge >= 0.3 is 0 Å². The van der Waals surface area contributed by atoms with Crippen LogP contribution in [-0.4, -0.2) is 10.2 Å². The first-order valence-electron chi connectivity index (χ1n) is 16.3. The molecule has 1 heterocycles. The average Bonchev–Trinajstić information content (AvgIpc) is 3.16. The molecule has 6 aromatic carbocycles. The summed E-state index contributed by atoms with van der Waals surface area (Å²) in [5.74, 6) is 0.191. The van der Waals surface area contributed by atoms with Gasteiger partial charge in [0.25, 0.3) is 0 Å². The third-order valence-corrected chi connectivity index (χ3v) is 8.31. The first kappa shape index (κ1) is 32.1.